The zero-order chi connectivity index (χ0) is 20.9. The third kappa shape index (κ3) is 3.60. The average Bonchev–Trinajstić information content (AvgIpc) is 2.99. The highest BCUT2D eigenvalue weighted by atomic mass is 32.2. The summed E-state index contributed by atoms with van der Waals surface area (Å²) in [5.74, 6) is -0.943. The van der Waals surface area contributed by atoms with Crippen molar-refractivity contribution in [3.8, 4) is 5.69 Å². The second kappa shape index (κ2) is 7.27. The van der Waals surface area contributed by atoms with E-state index in [-0.39, 0.29) is 11.2 Å². The second-order valence-electron chi connectivity index (χ2n) is 7.83. The lowest BCUT2D eigenvalue weighted by molar-refractivity contribution is -0.136. The minimum atomic E-state index is -0.943. The standard InChI is InChI=1S/C21H22N2O4S2/c1-11-7-5-6-8-14(11)23-18(24)16-13-9-21(3,4)27-10-15(13)29-17(16)22-20(23)28-12(2)19(25)26/h5-8,12H,9-10H2,1-4H3,(H,25,26)/t12-/m1/s1. The number of benzene rings is 1. The maximum Gasteiger partial charge on any atom is 0.316 e. The summed E-state index contributed by atoms with van der Waals surface area (Å²) >= 11 is 2.55. The van der Waals surface area contributed by atoms with E-state index in [0.29, 0.717) is 28.4 Å². The summed E-state index contributed by atoms with van der Waals surface area (Å²) in [6.07, 6.45) is 0.644. The van der Waals surface area contributed by atoms with Gasteiger partial charge in [-0.15, -0.1) is 11.3 Å². The average molecular weight is 431 g/mol. The molecule has 0 spiro atoms. The molecular formula is C21H22N2O4S2. The fraction of sp³-hybridized carbons (Fsp3) is 0.381. The van der Waals surface area contributed by atoms with Crippen molar-refractivity contribution in [3.05, 3.63) is 50.6 Å². The molecule has 1 atom stereocenters. The van der Waals surface area contributed by atoms with Crippen LogP contribution in [-0.4, -0.2) is 31.5 Å². The largest absolute Gasteiger partial charge is 0.480 e. The molecule has 0 saturated carbocycles. The van der Waals surface area contributed by atoms with Crippen LogP contribution >= 0.6 is 23.1 Å². The van der Waals surface area contributed by atoms with Crippen LogP contribution in [0.5, 0.6) is 0 Å². The number of ether oxygens (including phenoxy) is 1. The number of aliphatic carboxylic acids is 1. The normalized spacial score (nSPS) is 16.6. The molecule has 0 saturated heterocycles. The van der Waals surface area contributed by atoms with Crippen molar-refractivity contribution < 1.29 is 14.6 Å². The summed E-state index contributed by atoms with van der Waals surface area (Å²) in [7, 11) is 0. The van der Waals surface area contributed by atoms with Crippen molar-refractivity contribution in [2.45, 2.75) is 56.7 Å². The number of thioether (sulfide) groups is 1. The number of rotatable bonds is 4. The van der Waals surface area contributed by atoms with Gasteiger partial charge in [-0.3, -0.25) is 14.2 Å². The van der Waals surface area contributed by atoms with Crippen LogP contribution in [0.3, 0.4) is 0 Å². The van der Waals surface area contributed by atoms with Crippen LogP contribution in [0.4, 0.5) is 0 Å². The van der Waals surface area contributed by atoms with Crippen LogP contribution in [0.15, 0.2) is 34.2 Å². The molecule has 0 unspecified atom stereocenters. The van der Waals surface area contributed by atoms with Crippen molar-refractivity contribution in [1.29, 1.82) is 0 Å². The highest BCUT2D eigenvalue weighted by molar-refractivity contribution is 8.00. The number of nitrogens with zero attached hydrogens (tertiary/aromatic N) is 2. The van der Waals surface area contributed by atoms with Crippen LogP contribution in [0, 0.1) is 6.92 Å². The maximum absolute atomic E-state index is 13.7. The molecule has 0 radical (unpaired) electrons. The Labute approximate surface area is 176 Å². The fourth-order valence-corrected chi connectivity index (χ4v) is 5.49. The number of para-hydroxylation sites is 1. The number of hydrogen-bond donors (Lipinski definition) is 1. The Hall–Kier alpha value is -2.16. The molecular weight excluding hydrogens is 408 g/mol. The smallest absolute Gasteiger partial charge is 0.316 e. The molecule has 0 aliphatic carbocycles. The first-order chi connectivity index (χ1) is 13.7. The second-order valence-corrected chi connectivity index (χ2v) is 10.2. The summed E-state index contributed by atoms with van der Waals surface area (Å²) < 4.78 is 7.48. The minimum absolute atomic E-state index is 0.153. The molecule has 29 heavy (non-hydrogen) atoms. The lowest BCUT2D eigenvalue weighted by Crippen LogP contribution is -2.32. The van der Waals surface area contributed by atoms with Crippen molar-refractivity contribution in [1.82, 2.24) is 9.55 Å². The molecule has 8 heteroatoms. The Kier molecular flexibility index (Phi) is 5.04. The molecule has 4 rings (SSSR count). The number of aromatic nitrogens is 2. The van der Waals surface area contributed by atoms with Gasteiger partial charge >= 0.3 is 5.97 Å². The number of fused-ring (bicyclic) bond motifs is 3. The third-order valence-corrected chi connectivity index (χ3v) is 7.20. The van der Waals surface area contributed by atoms with Crippen molar-refractivity contribution in [2.75, 3.05) is 0 Å². The fourth-order valence-electron chi connectivity index (χ4n) is 3.49. The first-order valence-corrected chi connectivity index (χ1v) is 11.0. The quantitative estimate of drug-likeness (QED) is 0.494. The van der Waals surface area contributed by atoms with E-state index in [1.807, 2.05) is 45.0 Å². The summed E-state index contributed by atoms with van der Waals surface area (Å²) in [6, 6.07) is 7.58. The van der Waals surface area contributed by atoms with Gasteiger partial charge in [0.05, 0.1) is 23.3 Å². The Bertz CT molecular complexity index is 1180. The number of carboxylic acids is 1. The van der Waals surface area contributed by atoms with Gasteiger partial charge < -0.3 is 9.84 Å². The minimum Gasteiger partial charge on any atom is -0.480 e. The zero-order valence-corrected chi connectivity index (χ0v) is 18.3. The summed E-state index contributed by atoms with van der Waals surface area (Å²) in [5.41, 5.74) is 2.15. The highest BCUT2D eigenvalue weighted by Gasteiger charge is 2.32. The Morgan fingerprint density at radius 3 is 2.79 bits per heavy atom. The third-order valence-electron chi connectivity index (χ3n) is 5.06. The molecule has 0 amide bonds. The van der Waals surface area contributed by atoms with Gasteiger partial charge in [0.1, 0.15) is 10.1 Å². The van der Waals surface area contributed by atoms with Crippen LogP contribution in [0.1, 0.15) is 36.8 Å². The molecule has 152 valence electrons. The van der Waals surface area contributed by atoms with Gasteiger partial charge in [-0.05, 0) is 44.9 Å². The van der Waals surface area contributed by atoms with E-state index in [1.54, 1.807) is 11.5 Å². The van der Waals surface area contributed by atoms with E-state index in [0.717, 1.165) is 33.5 Å². The molecule has 3 aromatic rings. The molecule has 0 bridgehead atoms. The van der Waals surface area contributed by atoms with Gasteiger partial charge in [0.2, 0.25) is 0 Å². The summed E-state index contributed by atoms with van der Waals surface area (Å²) in [4.78, 5) is 31.6. The van der Waals surface area contributed by atoms with Gasteiger partial charge in [-0.25, -0.2) is 4.98 Å². The van der Waals surface area contributed by atoms with Gasteiger partial charge in [0.15, 0.2) is 5.16 Å². The predicted octanol–water partition coefficient (Wildman–Crippen LogP) is 4.17. The van der Waals surface area contributed by atoms with Gasteiger partial charge in [0, 0.05) is 11.3 Å². The van der Waals surface area contributed by atoms with Crippen molar-refractivity contribution >= 4 is 39.3 Å². The highest BCUT2D eigenvalue weighted by Crippen LogP contribution is 2.38. The SMILES string of the molecule is Cc1ccccc1-n1c(S[C@H](C)C(=O)O)nc2sc3c(c2c1=O)CC(C)(C)OC3. The van der Waals surface area contributed by atoms with Crippen LogP contribution in [-0.2, 0) is 22.6 Å². The van der Waals surface area contributed by atoms with E-state index in [4.69, 9.17) is 9.72 Å². The number of hydrogen-bond acceptors (Lipinski definition) is 6. The summed E-state index contributed by atoms with van der Waals surface area (Å²) in [6.45, 7) is 8.03. The van der Waals surface area contributed by atoms with E-state index < -0.39 is 11.2 Å². The molecule has 6 nitrogen and oxygen atoms in total. The molecule has 0 fully saturated rings. The lowest BCUT2D eigenvalue weighted by Gasteiger charge is -2.30. The van der Waals surface area contributed by atoms with Crippen LogP contribution < -0.4 is 5.56 Å². The predicted molar refractivity (Wildman–Crippen MR) is 115 cm³/mol. The number of carbonyl (C=O) groups is 1. The molecule has 3 heterocycles. The van der Waals surface area contributed by atoms with Gasteiger partial charge in [-0.1, -0.05) is 30.0 Å². The van der Waals surface area contributed by atoms with Gasteiger partial charge in [0.25, 0.3) is 5.56 Å². The topological polar surface area (TPSA) is 81.4 Å². The molecule has 1 aliphatic rings. The Balaban J connectivity index is 2.02. The molecule has 1 aliphatic heterocycles. The summed E-state index contributed by atoms with van der Waals surface area (Å²) in [5, 5.41) is 9.67. The first kappa shape index (κ1) is 20.1. The molecule has 2 aromatic heterocycles. The van der Waals surface area contributed by atoms with E-state index >= 15 is 0 Å². The van der Waals surface area contributed by atoms with E-state index in [1.165, 1.54) is 11.3 Å². The number of thiophene rings is 1. The zero-order valence-electron chi connectivity index (χ0n) is 16.7. The van der Waals surface area contributed by atoms with Crippen LogP contribution in [0.25, 0.3) is 15.9 Å². The first-order valence-electron chi connectivity index (χ1n) is 9.34. The monoisotopic (exact) mass is 430 g/mol. The van der Waals surface area contributed by atoms with E-state index in [2.05, 4.69) is 0 Å². The van der Waals surface area contributed by atoms with Crippen LogP contribution in [0.2, 0.25) is 0 Å². The number of carboxylic acid groups (broad SMARTS) is 1. The van der Waals surface area contributed by atoms with Crippen molar-refractivity contribution in [3.63, 3.8) is 0 Å². The molecule has 1 aromatic carbocycles. The Morgan fingerprint density at radius 2 is 2.10 bits per heavy atom. The van der Waals surface area contributed by atoms with E-state index in [9.17, 15) is 14.7 Å². The molecule has 1 N–H and O–H groups in total. The Morgan fingerprint density at radius 1 is 1.38 bits per heavy atom. The maximum atomic E-state index is 13.7. The number of aryl methyl sites for hydroxylation is 1. The van der Waals surface area contributed by atoms with Crippen molar-refractivity contribution in [2.24, 2.45) is 0 Å². The van der Waals surface area contributed by atoms with Gasteiger partial charge in [-0.2, -0.15) is 0 Å². The lowest BCUT2D eigenvalue weighted by atomic mass is 9.94.